The van der Waals surface area contributed by atoms with Gasteiger partial charge in [0, 0.05) is 12.5 Å². The summed E-state index contributed by atoms with van der Waals surface area (Å²) in [5.41, 5.74) is 0. The van der Waals surface area contributed by atoms with Crippen molar-refractivity contribution < 1.29 is 4.79 Å². The van der Waals surface area contributed by atoms with Gasteiger partial charge in [-0.1, -0.05) is 81.8 Å². The first-order chi connectivity index (χ1) is 14.8. The Morgan fingerprint density at radius 1 is 0.900 bits per heavy atom. The Bertz CT molecular complexity index is 598. The minimum absolute atomic E-state index is 0.0546. The van der Waals surface area contributed by atoms with E-state index in [0.29, 0.717) is 17.6 Å². The molecular weight excluding hydrogens is 392 g/mol. The van der Waals surface area contributed by atoms with Crippen LogP contribution in [0.1, 0.15) is 116 Å². The number of unbranched alkanes of at least 4 members (excludes halogenated alkanes) is 11. The Balaban J connectivity index is 1.36. The summed E-state index contributed by atoms with van der Waals surface area (Å²) >= 11 is 1.43. The predicted molar refractivity (Wildman–Crippen MR) is 129 cm³/mol. The highest BCUT2D eigenvalue weighted by Crippen LogP contribution is 2.26. The zero-order valence-electron chi connectivity index (χ0n) is 19.0. The molecule has 170 valence electrons. The Morgan fingerprint density at radius 3 is 2.13 bits per heavy atom. The quantitative estimate of drug-likeness (QED) is 0.186. The molecule has 0 saturated heterocycles. The lowest BCUT2D eigenvalue weighted by atomic mass is 9.93. The van der Waals surface area contributed by atoms with Crippen molar-refractivity contribution >= 4 is 27.5 Å². The number of nitrogens with one attached hydrogen (secondary N) is 2. The molecule has 1 fully saturated rings. The van der Waals surface area contributed by atoms with Crippen LogP contribution < -0.4 is 10.6 Å². The lowest BCUT2D eigenvalue weighted by Gasteiger charge is -2.25. The second-order valence-corrected chi connectivity index (χ2v) is 9.54. The first-order valence-corrected chi connectivity index (χ1v) is 13.1. The maximum Gasteiger partial charge on any atom is 0.226 e. The van der Waals surface area contributed by atoms with Gasteiger partial charge in [-0.15, -0.1) is 10.2 Å². The summed E-state index contributed by atoms with van der Waals surface area (Å²) in [6.07, 6.45) is 25.5. The number of hydrogen-bond donors (Lipinski definition) is 2. The molecule has 0 spiro atoms. The van der Waals surface area contributed by atoms with Crippen LogP contribution in [0.15, 0.2) is 12.2 Å². The van der Waals surface area contributed by atoms with Crippen LogP contribution in [-0.2, 0) is 4.79 Å². The molecule has 6 heteroatoms. The molecule has 2 N–H and O–H groups in total. The van der Waals surface area contributed by atoms with Crippen molar-refractivity contribution in [1.82, 2.24) is 10.2 Å². The minimum atomic E-state index is 0.0546. The number of anilines is 2. The van der Waals surface area contributed by atoms with E-state index in [1.165, 1.54) is 101 Å². The van der Waals surface area contributed by atoms with E-state index in [0.717, 1.165) is 18.0 Å². The van der Waals surface area contributed by atoms with E-state index in [4.69, 9.17) is 0 Å². The van der Waals surface area contributed by atoms with Crippen molar-refractivity contribution in [1.29, 1.82) is 0 Å². The molecule has 2 rings (SSSR count). The smallest absolute Gasteiger partial charge is 0.226 e. The fourth-order valence-electron chi connectivity index (χ4n) is 3.60. The number of allylic oxidation sites excluding steroid dienone is 2. The van der Waals surface area contributed by atoms with Gasteiger partial charge >= 0.3 is 0 Å². The van der Waals surface area contributed by atoms with Gasteiger partial charge in [0.05, 0.1) is 0 Å². The van der Waals surface area contributed by atoms with Crippen molar-refractivity contribution in [2.24, 2.45) is 0 Å². The van der Waals surface area contributed by atoms with Crippen LogP contribution in [0, 0.1) is 0 Å². The summed E-state index contributed by atoms with van der Waals surface area (Å²) in [6, 6.07) is 0.539. The summed E-state index contributed by atoms with van der Waals surface area (Å²) in [7, 11) is 0. The maximum atomic E-state index is 12.0. The molecule has 0 bridgehead atoms. The molecule has 0 unspecified atom stereocenters. The highest BCUT2D eigenvalue weighted by Gasteiger charge is 2.18. The number of nitrogens with zero attached hydrogens (tertiary/aromatic N) is 2. The monoisotopic (exact) mass is 434 g/mol. The van der Waals surface area contributed by atoms with E-state index >= 15 is 0 Å². The zero-order chi connectivity index (χ0) is 21.3. The van der Waals surface area contributed by atoms with Gasteiger partial charge in [-0.25, -0.2) is 0 Å². The lowest BCUT2D eigenvalue weighted by molar-refractivity contribution is -0.116. The summed E-state index contributed by atoms with van der Waals surface area (Å²) in [5.74, 6) is 0.0546. The number of amides is 1. The third-order valence-electron chi connectivity index (χ3n) is 5.77. The number of aromatic nitrogens is 2. The highest BCUT2D eigenvalue weighted by molar-refractivity contribution is 7.19. The second kappa shape index (κ2) is 16.3. The maximum absolute atomic E-state index is 12.0. The summed E-state index contributed by atoms with van der Waals surface area (Å²) < 4.78 is 0. The SMILES string of the molecule is CCCCCCCCC=CCCCCCCCC(=O)Nc1nnc(NC2CCC2)s1. The van der Waals surface area contributed by atoms with Gasteiger partial charge in [0.25, 0.3) is 0 Å². The van der Waals surface area contributed by atoms with Crippen molar-refractivity contribution in [3.63, 3.8) is 0 Å². The molecule has 0 aliphatic heterocycles. The molecule has 1 aromatic rings. The first kappa shape index (κ1) is 24.8. The molecular formula is C24H42N4OS. The summed E-state index contributed by atoms with van der Waals surface area (Å²) in [4.78, 5) is 12.0. The number of rotatable bonds is 18. The fourth-order valence-corrected chi connectivity index (χ4v) is 4.33. The van der Waals surface area contributed by atoms with Crippen LogP contribution >= 0.6 is 11.3 Å². The van der Waals surface area contributed by atoms with Crippen molar-refractivity contribution in [3.05, 3.63) is 12.2 Å². The van der Waals surface area contributed by atoms with Crippen LogP contribution in [0.5, 0.6) is 0 Å². The molecule has 5 nitrogen and oxygen atoms in total. The van der Waals surface area contributed by atoms with Crippen molar-refractivity contribution in [2.45, 2.75) is 122 Å². The number of carbonyl (C=O) groups is 1. The second-order valence-electron chi connectivity index (χ2n) is 8.57. The standard InChI is InChI=1S/C24H42N4OS/c1-2-3-4-5-6-7-8-9-10-11-12-13-14-15-16-20-22(29)26-24-28-27-23(30-24)25-21-18-17-19-21/h9-10,21H,2-8,11-20H2,1H3,(H,25,27)(H,26,28,29). The Morgan fingerprint density at radius 2 is 1.50 bits per heavy atom. The number of carbonyl (C=O) groups excluding carboxylic acids is 1. The van der Waals surface area contributed by atoms with E-state index in [2.05, 4.69) is 39.9 Å². The van der Waals surface area contributed by atoms with Crippen LogP contribution in [0.25, 0.3) is 0 Å². The number of hydrogen-bond acceptors (Lipinski definition) is 5. The molecule has 0 aromatic carbocycles. The first-order valence-electron chi connectivity index (χ1n) is 12.3. The Kier molecular flexibility index (Phi) is 13.5. The van der Waals surface area contributed by atoms with Gasteiger partial charge in [-0.2, -0.15) is 0 Å². The van der Waals surface area contributed by atoms with Crippen LogP contribution in [0.3, 0.4) is 0 Å². The van der Waals surface area contributed by atoms with Gasteiger partial charge in [0.15, 0.2) is 0 Å². The van der Waals surface area contributed by atoms with Crippen LogP contribution in [0.4, 0.5) is 10.3 Å². The Hall–Kier alpha value is -1.43. The topological polar surface area (TPSA) is 66.9 Å². The zero-order valence-corrected chi connectivity index (χ0v) is 19.8. The van der Waals surface area contributed by atoms with Gasteiger partial charge in [-0.05, 0) is 51.4 Å². The summed E-state index contributed by atoms with van der Waals surface area (Å²) in [6.45, 7) is 2.27. The highest BCUT2D eigenvalue weighted by atomic mass is 32.1. The molecule has 1 saturated carbocycles. The lowest BCUT2D eigenvalue weighted by Crippen LogP contribution is -2.26. The van der Waals surface area contributed by atoms with Crippen molar-refractivity contribution in [3.8, 4) is 0 Å². The molecule has 1 amide bonds. The van der Waals surface area contributed by atoms with E-state index in [-0.39, 0.29) is 5.91 Å². The average Bonchev–Trinajstić information content (AvgIpc) is 3.14. The predicted octanol–water partition coefficient (Wildman–Crippen LogP) is 7.48. The average molecular weight is 435 g/mol. The summed E-state index contributed by atoms with van der Waals surface area (Å²) in [5, 5.41) is 15.8. The largest absolute Gasteiger partial charge is 0.357 e. The minimum Gasteiger partial charge on any atom is -0.357 e. The Labute approximate surface area is 187 Å². The van der Waals surface area contributed by atoms with Crippen LogP contribution in [-0.4, -0.2) is 22.1 Å². The molecule has 1 aliphatic carbocycles. The van der Waals surface area contributed by atoms with E-state index in [1.807, 2.05) is 0 Å². The molecule has 1 aliphatic rings. The molecule has 1 heterocycles. The fraction of sp³-hybridized carbons (Fsp3) is 0.792. The molecule has 1 aromatic heterocycles. The van der Waals surface area contributed by atoms with E-state index in [1.54, 1.807) is 0 Å². The van der Waals surface area contributed by atoms with Gasteiger partial charge < -0.3 is 10.6 Å². The van der Waals surface area contributed by atoms with Gasteiger partial charge in [-0.3, -0.25) is 4.79 Å². The molecule has 30 heavy (non-hydrogen) atoms. The third-order valence-corrected chi connectivity index (χ3v) is 6.54. The van der Waals surface area contributed by atoms with E-state index in [9.17, 15) is 4.79 Å². The van der Waals surface area contributed by atoms with Gasteiger partial charge in [0.1, 0.15) is 0 Å². The van der Waals surface area contributed by atoms with Crippen LogP contribution in [0.2, 0.25) is 0 Å². The third kappa shape index (κ3) is 11.7. The normalized spacial score (nSPS) is 14.2. The molecule has 0 atom stereocenters. The molecule has 0 radical (unpaired) electrons. The van der Waals surface area contributed by atoms with Gasteiger partial charge in [0.2, 0.25) is 16.2 Å². The van der Waals surface area contributed by atoms with Crippen molar-refractivity contribution in [2.75, 3.05) is 10.6 Å². The van der Waals surface area contributed by atoms with E-state index < -0.39 is 0 Å².